The fourth-order valence-electron chi connectivity index (χ4n) is 1.34. The smallest absolute Gasteiger partial charge is 0.123 e. The maximum absolute atomic E-state index is 9.56. The van der Waals surface area contributed by atoms with Crippen LogP contribution in [-0.2, 0) is 0 Å². The number of phenolic OH excluding ortho intramolecular Hbond substituents is 1. The van der Waals surface area contributed by atoms with E-state index in [0.29, 0.717) is 5.75 Å². The Labute approximate surface area is 84.7 Å². The zero-order valence-electron chi connectivity index (χ0n) is 7.14. The van der Waals surface area contributed by atoms with Gasteiger partial charge in [0.25, 0.3) is 0 Å². The highest BCUT2D eigenvalue weighted by molar-refractivity contribution is 5.69. The maximum atomic E-state index is 9.56. The summed E-state index contributed by atoms with van der Waals surface area (Å²) >= 11 is 0. The Bertz CT molecular complexity index is 393. The quantitative estimate of drug-likeness (QED) is 0.720. The summed E-state index contributed by atoms with van der Waals surface area (Å²) in [5, 5.41) is 9.56. The zero-order chi connectivity index (χ0) is 9.10. The minimum atomic E-state index is 0. The van der Waals surface area contributed by atoms with Crippen LogP contribution in [0.25, 0.3) is 11.1 Å². The Balaban J connectivity index is 0.000000980. The van der Waals surface area contributed by atoms with E-state index in [2.05, 4.69) is 0 Å². The Morgan fingerprint density at radius 1 is 0.714 bits per heavy atom. The van der Waals surface area contributed by atoms with Crippen LogP contribution in [0.3, 0.4) is 0 Å². The third-order valence-electron chi connectivity index (χ3n) is 1.99. The van der Waals surface area contributed by atoms with E-state index in [1.54, 1.807) is 6.07 Å². The van der Waals surface area contributed by atoms with E-state index in [9.17, 15) is 5.11 Å². The predicted molar refractivity (Wildman–Crippen MR) is 60.3 cm³/mol. The zero-order valence-corrected chi connectivity index (χ0v) is 7.14. The standard InChI is InChI=1S/C12H10O.CH4/c13-12-9-5-4-8-11(12)10-6-2-1-3-7-10;/h1-9,13H;1H4. The van der Waals surface area contributed by atoms with Gasteiger partial charge in [0.05, 0.1) is 0 Å². The lowest BCUT2D eigenvalue weighted by atomic mass is 10.1. The van der Waals surface area contributed by atoms with Gasteiger partial charge >= 0.3 is 0 Å². The fourth-order valence-corrected chi connectivity index (χ4v) is 1.34. The molecule has 0 aliphatic carbocycles. The van der Waals surface area contributed by atoms with Crippen LogP contribution in [0.5, 0.6) is 5.75 Å². The molecule has 0 radical (unpaired) electrons. The summed E-state index contributed by atoms with van der Waals surface area (Å²) in [5.41, 5.74) is 1.92. The monoisotopic (exact) mass is 186 g/mol. The molecule has 0 saturated carbocycles. The van der Waals surface area contributed by atoms with Gasteiger partial charge < -0.3 is 5.11 Å². The Kier molecular flexibility index (Phi) is 3.29. The van der Waals surface area contributed by atoms with Crippen LogP contribution in [0.4, 0.5) is 0 Å². The molecule has 0 fully saturated rings. The number of rotatable bonds is 1. The predicted octanol–water partition coefficient (Wildman–Crippen LogP) is 3.70. The number of hydrogen-bond donors (Lipinski definition) is 1. The van der Waals surface area contributed by atoms with E-state index in [1.807, 2.05) is 48.5 Å². The molecular formula is C13H14O. The third-order valence-corrected chi connectivity index (χ3v) is 1.99. The van der Waals surface area contributed by atoms with Crippen LogP contribution >= 0.6 is 0 Å². The van der Waals surface area contributed by atoms with Crippen molar-refractivity contribution in [2.75, 3.05) is 0 Å². The van der Waals surface area contributed by atoms with Crippen molar-refractivity contribution >= 4 is 0 Å². The van der Waals surface area contributed by atoms with Crippen molar-refractivity contribution in [2.24, 2.45) is 0 Å². The molecule has 0 saturated heterocycles. The second kappa shape index (κ2) is 4.47. The number of hydrogen-bond acceptors (Lipinski definition) is 1. The normalized spacial score (nSPS) is 9.14. The number of para-hydroxylation sites is 1. The lowest BCUT2D eigenvalue weighted by molar-refractivity contribution is 0.477. The molecule has 0 aliphatic rings. The lowest BCUT2D eigenvalue weighted by Crippen LogP contribution is -1.76. The van der Waals surface area contributed by atoms with Gasteiger partial charge in [-0.2, -0.15) is 0 Å². The summed E-state index contributed by atoms with van der Waals surface area (Å²) < 4.78 is 0. The van der Waals surface area contributed by atoms with Gasteiger partial charge in [0.15, 0.2) is 0 Å². The van der Waals surface area contributed by atoms with Gasteiger partial charge in [-0.1, -0.05) is 56.0 Å². The molecule has 0 heterocycles. The maximum Gasteiger partial charge on any atom is 0.123 e. The van der Waals surface area contributed by atoms with Gasteiger partial charge in [-0.15, -0.1) is 0 Å². The summed E-state index contributed by atoms with van der Waals surface area (Å²) in [7, 11) is 0. The summed E-state index contributed by atoms with van der Waals surface area (Å²) in [6.07, 6.45) is 0. The molecule has 14 heavy (non-hydrogen) atoms. The third kappa shape index (κ3) is 1.94. The second-order valence-corrected chi connectivity index (χ2v) is 2.88. The van der Waals surface area contributed by atoms with E-state index >= 15 is 0 Å². The molecule has 0 amide bonds. The van der Waals surface area contributed by atoms with Gasteiger partial charge in [0.1, 0.15) is 5.75 Å². The second-order valence-electron chi connectivity index (χ2n) is 2.88. The molecule has 0 atom stereocenters. The lowest BCUT2D eigenvalue weighted by Gasteiger charge is -2.02. The summed E-state index contributed by atoms with van der Waals surface area (Å²) in [6.45, 7) is 0. The Morgan fingerprint density at radius 3 is 1.93 bits per heavy atom. The minimum Gasteiger partial charge on any atom is -0.507 e. The van der Waals surface area contributed by atoms with Gasteiger partial charge in [0.2, 0.25) is 0 Å². The average Bonchev–Trinajstić information content (AvgIpc) is 2.20. The highest BCUT2D eigenvalue weighted by Gasteiger charge is 2.00. The summed E-state index contributed by atoms with van der Waals surface area (Å²) in [4.78, 5) is 0. The van der Waals surface area contributed by atoms with Crippen LogP contribution in [0.1, 0.15) is 7.43 Å². The highest BCUT2D eigenvalue weighted by atomic mass is 16.3. The first-order valence-corrected chi connectivity index (χ1v) is 4.21. The molecule has 0 spiro atoms. The SMILES string of the molecule is C.Oc1ccccc1-c1ccccc1. The van der Waals surface area contributed by atoms with E-state index in [-0.39, 0.29) is 7.43 Å². The van der Waals surface area contributed by atoms with Crippen molar-refractivity contribution in [1.29, 1.82) is 0 Å². The van der Waals surface area contributed by atoms with Crippen molar-refractivity contribution in [3.8, 4) is 16.9 Å². The van der Waals surface area contributed by atoms with Crippen molar-refractivity contribution in [3.63, 3.8) is 0 Å². The first-order chi connectivity index (χ1) is 6.38. The molecule has 1 N–H and O–H groups in total. The van der Waals surface area contributed by atoms with Crippen LogP contribution in [-0.4, -0.2) is 5.11 Å². The number of aromatic hydroxyl groups is 1. The summed E-state index contributed by atoms with van der Waals surface area (Å²) in [6, 6.07) is 17.2. The van der Waals surface area contributed by atoms with Crippen molar-refractivity contribution in [1.82, 2.24) is 0 Å². The Hall–Kier alpha value is -1.76. The fraction of sp³-hybridized carbons (Fsp3) is 0.0769. The molecule has 1 nitrogen and oxygen atoms in total. The van der Waals surface area contributed by atoms with Gasteiger partial charge in [-0.3, -0.25) is 0 Å². The molecular weight excluding hydrogens is 172 g/mol. The molecule has 72 valence electrons. The molecule has 2 rings (SSSR count). The van der Waals surface area contributed by atoms with E-state index in [4.69, 9.17) is 0 Å². The van der Waals surface area contributed by atoms with Crippen LogP contribution in [0.2, 0.25) is 0 Å². The topological polar surface area (TPSA) is 20.2 Å². The van der Waals surface area contributed by atoms with Crippen molar-refractivity contribution < 1.29 is 5.11 Å². The molecule has 0 unspecified atom stereocenters. The first-order valence-electron chi connectivity index (χ1n) is 4.21. The van der Waals surface area contributed by atoms with E-state index in [0.717, 1.165) is 11.1 Å². The molecule has 0 aliphatic heterocycles. The average molecular weight is 186 g/mol. The Morgan fingerprint density at radius 2 is 1.29 bits per heavy atom. The number of benzene rings is 2. The van der Waals surface area contributed by atoms with Gasteiger partial charge in [0, 0.05) is 5.56 Å². The minimum absolute atomic E-state index is 0. The van der Waals surface area contributed by atoms with Crippen molar-refractivity contribution in [3.05, 3.63) is 54.6 Å². The molecule has 2 aromatic carbocycles. The van der Waals surface area contributed by atoms with Gasteiger partial charge in [-0.05, 0) is 11.6 Å². The van der Waals surface area contributed by atoms with Crippen LogP contribution < -0.4 is 0 Å². The number of phenols is 1. The van der Waals surface area contributed by atoms with Crippen molar-refractivity contribution in [2.45, 2.75) is 7.43 Å². The van der Waals surface area contributed by atoms with E-state index < -0.39 is 0 Å². The molecule has 0 bridgehead atoms. The van der Waals surface area contributed by atoms with Crippen LogP contribution in [0, 0.1) is 0 Å². The molecule has 0 aromatic heterocycles. The molecule has 1 heteroatoms. The first kappa shape index (κ1) is 10.3. The molecule has 2 aromatic rings. The van der Waals surface area contributed by atoms with Crippen LogP contribution in [0.15, 0.2) is 54.6 Å². The largest absolute Gasteiger partial charge is 0.507 e. The van der Waals surface area contributed by atoms with E-state index in [1.165, 1.54) is 0 Å². The highest BCUT2D eigenvalue weighted by Crippen LogP contribution is 2.27. The van der Waals surface area contributed by atoms with Gasteiger partial charge in [-0.25, -0.2) is 0 Å². The summed E-state index contributed by atoms with van der Waals surface area (Å²) in [5.74, 6) is 0.328.